The SMILES string of the molecule is CC1=NN(CCS(C)(=O)=O)C(=O)C1CC(=O)O. The van der Waals surface area contributed by atoms with E-state index in [1.807, 2.05) is 0 Å². The second-order valence-corrected chi connectivity index (χ2v) is 6.24. The Hall–Kier alpha value is -1.44. The maximum absolute atomic E-state index is 11.7. The highest BCUT2D eigenvalue weighted by Gasteiger charge is 2.35. The quantitative estimate of drug-likeness (QED) is 0.708. The molecule has 1 heterocycles. The Balaban J connectivity index is 2.68. The zero-order chi connectivity index (χ0) is 13.2. The molecule has 0 fully saturated rings. The zero-order valence-electron chi connectivity index (χ0n) is 9.58. The van der Waals surface area contributed by atoms with Crippen molar-refractivity contribution in [3.05, 3.63) is 0 Å². The highest BCUT2D eigenvalue weighted by molar-refractivity contribution is 7.90. The van der Waals surface area contributed by atoms with Crippen molar-refractivity contribution in [2.24, 2.45) is 11.0 Å². The molecule has 0 spiro atoms. The summed E-state index contributed by atoms with van der Waals surface area (Å²) in [5, 5.41) is 13.5. The Morgan fingerprint density at radius 2 is 2.12 bits per heavy atom. The van der Waals surface area contributed by atoms with Gasteiger partial charge in [0.15, 0.2) is 0 Å². The molecule has 8 heteroatoms. The molecule has 1 aliphatic heterocycles. The maximum Gasteiger partial charge on any atom is 0.304 e. The van der Waals surface area contributed by atoms with E-state index in [4.69, 9.17) is 5.11 Å². The molecule has 1 N–H and O–H groups in total. The van der Waals surface area contributed by atoms with Crippen LogP contribution in [0.1, 0.15) is 13.3 Å². The lowest BCUT2D eigenvalue weighted by Crippen LogP contribution is -2.32. The third-order valence-corrected chi connectivity index (χ3v) is 3.31. The lowest BCUT2D eigenvalue weighted by Gasteiger charge is -2.12. The molecule has 0 aromatic carbocycles. The van der Waals surface area contributed by atoms with E-state index in [1.165, 1.54) is 0 Å². The van der Waals surface area contributed by atoms with Gasteiger partial charge in [0, 0.05) is 12.0 Å². The first-order chi connectivity index (χ1) is 7.70. The molecule has 1 aliphatic rings. The summed E-state index contributed by atoms with van der Waals surface area (Å²) in [5.41, 5.74) is 0.408. The van der Waals surface area contributed by atoms with Crippen molar-refractivity contribution in [1.29, 1.82) is 0 Å². The largest absolute Gasteiger partial charge is 0.481 e. The summed E-state index contributed by atoms with van der Waals surface area (Å²) in [7, 11) is -3.17. The van der Waals surface area contributed by atoms with Crippen molar-refractivity contribution in [2.45, 2.75) is 13.3 Å². The standard InChI is InChI=1S/C9H14N2O5S/c1-6-7(5-8(12)13)9(14)11(10-6)3-4-17(2,15)16/h7H,3-5H2,1-2H3,(H,12,13). The lowest BCUT2D eigenvalue weighted by atomic mass is 10.0. The van der Waals surface area contributed by atoms with Gasteiger partial charge in [0.25, 0.3) is 5.91 Å². The highest BCUT2D eigenvalue weighted by Crippen LogP contribution is 2.18. The predicted octanol–water partition coefficient (Wildman–Crippen LogP) is -0.660. The third-order valence-electron chi connectivity index (χ3n) is 2.39. The van der Waals surface area contributed by atoms with Gasteiger partial charge in [-0.25, -0.2) is 13.4 Å². The topological polar surface area (TPSA) is 104 Å². The van der Waals surface area contributed by atoms with Crippen LogP contribution in [0.2, 0.25) is 0 Å². The molecule has 0 aromatic heterocycles. The molecule has 0 radical (unpaired) electrons. The van der Waals surface area contributed by atoms with E-state index in [9.17, 15) is 18.0 Å². The van der Waals surface area contributed by atoms with Crippen LogP contribution in [-0.2, 0) is 19.4 Å². The lowest BCUT2D eigenvalue weighted by molar-refractivity contribution is -0.141. The maximum atomic E-state index is 11.7. The van der Waals surface area contributed by atoms with Crippen molar-refractivity contribution < 1.29 is 23.1 Å². The summed E-state index contributed by atoms with van der Waals surface area (Å²) in [6.07, 6.45) is 0.752. The van der Waals surface area contributed by atoms with Crippen LogP contribution in [0.25, 0.3) is 0 Å². The molecule has 0 saturated carbocycles. The molecule has 0 saturated heterocycles. The predicted molar refractivity (Wildman–Crippen MR) is 60.3 cm³/mol. The molecule has 1 atom stereocenters. The Morgan fingerprint density at radius 3 is 2.59 bits per heavy atom. The number of carboxylic acid groups (broad SMARTS) is 1. The van der Waals surface area contributed by atoms with Crippen molar-refractivity contribution in [2.75, 3.05) is 18.6 Å². The number of nitrogens with zero attached hydrogens (tertiary/aromatic N) is 2. The molecule has 0 aliphatic carbocycles. The minimum atomic E-state index is -3.17. The van der Waals surface area contributed by atoms with Crippen LogP contribution < -0.4 is 0 Å². The van der Waals surface area contributed by atoms with E-state index in [-0.39, 0.29) is 18.7 Å². The van der Waals surface area contributed by atoms with Crippen LogP contribution >= 0.6 is 0 Å². The van der Waals surface area contributed by atoms with Crippen molar-refractivity contribution in [3.63, 3.8) is 0 Å². The number of rotatable bonds is 5. The summed E-state index contributed by atoms with van der Waals surface area (Å²) < 4.78 is 21.9. The number of hydrogen-bond donors (Lipinski definition) is 1. The molecule has 17 heavy (non-hydrogen) atoms. The molecule has 1 rings (SSSR count). The fourth-order valence-corrected chi connectivity index (χ4v) is 1.99. The van der Waals surface area contributed by atoms with Crippen molar-refractivity contribution in [1.82, 2.24) is 5.01 Å². The van der Waals surface area contributed by atoms with Crippen molar-refractivity contribution in [3.8, 4) is 0 Å². The zero-order valence-corrected chi connectivity index (χ0v) is 10.4. The summed E-state index contributed by atoms with van der Waals surface area (Å²) in [6, 6.07) is 0. The van der Waals surface area contributed by atoms with Crippen LogP contribution in [0.4, 0.5) is 0 Å². The molecular formula is C9H14N2O5S. The van der Waals surface area contributed by atoms with Gasteiger partial charge in [0.2, 0.25) is 0 Å². The number of aliphatic carboxylic acids is 1. The van der Waals surface area contributed by atoms with E-state index in [0.717, 1.165) is 11.3 Å². The average molecular weight is 262 g/mol. The first-order valence-electron chi connectivity index (χ1n) is 4.96. The van der Waals surface area contributed by atoms with E-state index in [0.29, 0.717) is 5.71 Å². The van der Waals surface area contributed by atoms with Gasteiger partial charge in [-0.05, 0) is 6.92 Å². The van der Waals surface area contributed by atoms with Crippen LogP contribution in [0, 0.1) is 5.92 Å². The monoisotopic (exact) mass is 262 g/mol. The Kier molecular flexibility index (Phi) is 3.87. The average Bonchev–Trinajstić information content (AvgIpc) is 2.41. The number of carbonyl (C=O) groups excluding carboxylic acids is 1. The molecule has 96 valence electrons. The third kappa shape index (κ3) is 3.81. The van der Waals surface area contributed by atoms with Gasteiger partial charge >= 0.3 is 5.97 Å². The van der Waals surface area contributed by atoms with Gasteiger partial charge in [-0.3, -0.25) is 9.59 Å². The Bertz CT molecular complexity index is 468. The van der Waals surface area contributed by atoms with Gasteiger partial charge in [0.1, 0.15) is 9.84 Å². The Labute approximate surface area is 99.0 Å². The van der Waals surface area contributed by atoms with Gasteiger partial charge < -0.3 is 5.11 Å². The fraction of sp³-hybridized carbons (Fsp3) is 0.667. The fourth-order valence-electron chi connectivity index (χ4n) is 1.49. The summed E-state index contributed by atoms with van der Waals surface area (Å²) >= 11 is 0. The molecule has 0 bridgehead atoms. The number of carboxylic acids is 1. The van der Waals surface area contributed by atoms with Crippen LogP contribution in [0.15, 0.2) is 5.10 Å². The number of hydrazone groups is 1. The second-order valence-electron chi connectivity index (χ2n) is 3.98. The minimum Gasteiger partial charge on any atom is -0.481 e. The number of amides is 1. The first-order valence-corrected chi connectivity index (χ1v) is 7.03. The number of carbonyl (C=O) groups is 2. The van der Waals surface area contributed by atoms with Crippen LogP contribution in [-0.4, -0.2) is 54.7 Å². The van der Waals surface area contributed by atoms with Gasteiger partial charge in [-0.2, -0.15) is 5.10 Å². The molecular weight excluding hydrogens is 248 g/mol. The van der Waals surface area contributed by atoms with E-state index in [2.05, 4.69) is 5.10 Å². The van der Waals surface area contributed by atoms with E-state index < -0.39 is 27.6 Å². The van der Waals surface area contributed by atoms with Gasteiger partial charge in [0.05, 0.1) is 24.6 Å². The minimum absolute atomic E-state index is 0.0366. The highest BCUT2D eigenvalue weighted by atomic mass is 32.2. The Morgan fingerprint density at radius 1 is 1.53 bits per heavy atom. The van der Waals surface area contributed by atoms with Crippen LogP contribution in [0.3, 0.4) is 0 Å². The molecule has 1 unspecified atom stereocenters. The first kappa shape index (κ1) is 13.6. The summed E-state index contributed by atoms with van der Waals surface area (Å²) in [5.74, 6) is -2.49. The normalized spacial score (nSPS) is 20.6. The van der Waals surface area contributed by atoms with Gasteiger partial charge in [-0.1, -0.05) is 0 Å². The van der Waals surface area contributed by atoms with Crippen molar-refractivity contribution >= 4 is 27.4 Å². The van der Waals surface area contributed by atoms with Crippen LogP contribution in [0.5, 0.6) is 0 Å². The smallest absolute Gasteiger partial charge is 0.304 e. The van der Waals surface area contributed by atoms with Gasteiger partial charge in [-0.15, -0.1) is 0 Å². The summed E-state index contributed by atoms with van der Waals surface area (Å²) in [4.78, 5) is 22.3. The number of hydrogen-bond acceptors (Lipinski definition) is 5. The van der Waals surface area contributed by atoms with E-state index in [1.54, 1.807) is 6.92 Å². The second kappa shape index (κ2) is 4.82. The molecule has 7 nitrogen and oxygen atoms in total. The summed E-state index contributed by atoms with van der Waals surface area (Å²) in [6.45, 7) is 1.52. The van der Waals surface area contributed by atoms with E-state index >= 15 is 0 Å². The number of sulfone groups is 1. The molecule has 1 amide bonds. The molecule has 0 aromatic rings.